The van der Waals surface area contributed by atoms with Crippen molar-refractivity contribution >= 4 is 39.3 Å². The standard InChI is InChI=1S/C41H40N2O8S2/c1-27-14-20-34(21-15-27)53(48,49)43-36(22-28-8-3-2-4-9-28)39(45)42-32-11-7-10-31(23-32)41-50-33(26-52-38-13-6-5-12-35(38)40(46)47)24-37(51-41)30-18-16-29(25-44)17-19-30/h2-21,23,33,36-37,41,43-44H,22,24-26H2,1H3,(H,42,45)(H,46,47). The van der Waals surface area contributed by atoms with Crippen LogP contribution in [-0.4, -0.2) is 48.4 Å². The number of aliphatic hydroxyl groups is 1. The lowest BCUT2D eigenvalue weighted by atomic mass is 10.0. The lowest BCUT2D eigenvalue weighted by Gasteiger charge is -2.36. The molecule has 0 aliphatic carbocycles. The Hall–Kier alpha value is -4.82. The van der Waals surface area contributed by atoms with E-state index in [9.17, 15) is 28.2 Å². The SMILES string of the molecule is Cc1ccc(S(=O)(=O)NC(Cc2ccccc2)C(=O)Nc2cccc(C3OC(CSc4ccccc4C(=O)O)CC(c4ccc(CO)cc4)O3)c2)cc1. The number of anilines is 1. The molecule has 0 bridgehead atoms. The Bertz CT molecular complexity index is 2130. The van der Waals surface area contributed by atoms with Crippen molar-refractivity contribution in [1.82, 2.24) is 4.72 Å². The number of carboxylic acids is 1. The summed E-state index contributed by atoms with van der Waals surface area (Å²) in [5.74, 6) is -1.09. The van der Waals surface area contributed by atoms with Gasteiger partial charge in [-0.15, -0.1) is 11.8 Å². The fraction of sp³-hybridized carbons (Fsp3) is 0.220. The molecule has 1 heterocycles. The van der Waals surface area contributed by atoms with Crippen molar-refractivity contribution in [2.75, 3.05) is 11.1 Å². The number of hydrogen-bond donors (Lipinski definition) is 4. The van der Waals surface area contributed by atoms with E-state index in [0.29, 0.717) is 28.3 Å². The summed E-state index contributed by atoms with van der Waals surface area (Å²) in [5.41, 5.74) is 4.61. The summed E-state index contributed by atoms with van der Waals surface area (Å²) in [6.45, 7) is 1.78. The van der Waals surface area contributed by atoms with E-state index in [-0.39, 0.29) is 35.7 Å². The highest BCUT2D eigenvalue weighted by Crippen LogP contribution is 2.40. The molecule has 1 aliphatic rings. The van der Waals surface area contributed by atoms with Crippen LogP contribution in [0.5, 0.6) is 0 Å². The highest BCUT2D eigenvalue weighted by molar-refractivity contribution is 7.99. The number of carboxylic acid groups (broad SMARTS) is 1. The topological polar surface area (TPSA) is 151 Å². The molecule has 1 amide bonds. The number of amides is 1. The number of sulfonamides is 1. The number of nitrogens with one attached hydrogen (secondary N) is 2. The summed E-state index contributed by atoms with van der Waals surface area (Å²) in [4.78, 5) is 26.4. The predicted octanol–water partition coefficient (Wildman–Crippen LogP) is 7.05. The van der Waals surface area contributed by atoms with Crippen LogP contribution in [0, 0.1) is 6.92 Å². The van der Waals surface area contributed by atoms with Gasteiger partial charge in [-0.05, 0) is 66.4 Å². The minimum Gasteiger partial charge on any atom is -0.478 e. The number of rotatable bonds is 14. The Kier molecular flexibility index (Phi) is 12.4. The molecule has 0 saturated carbocycles. The van der Waals surface area contributed by atoms with Gasteiger partial charge in [-0.25, -0.2) is 13.2 Å². The third-order valence-corrected chi connectivity index (χ3v) is 11.5. The number of carbonyl (C=O) groups is 2. The van der Waals surface area contributed by atoms with Gasteiger partial charge in [0.1, 0.15) is 6.04 Å². The van der Waals surface area contributed by atoms with Crippen molar-refractivity contribution in [2.24, 2.45) is 0 Å². The largest absolute Gasteiger partial charge is 0.478 e. The van der Waals surface area contributed by atoms with Crippen LogP contribution in [-0.2, 0) is 37.3 Å². The van der Waals surface area contributed by atoms with Crippen LogP contribution in [0.4, 0.5) is 5.69 Å². The quantitative estimate of drug-likeness (QED) is 0.0875. The Morgan fingerprint density at radius 1 is 0.830 bits per heavy atom. The van der Waals surface area contributed by atoms with E-state index < -0.39 is 34.2 Å². The first-order valence-corrected chi connectivity index (χ1v) is 19.5. The number of benzene rings is 5. The van der Waals surface area contributed by atoms with E-state index in [2.05, 4.69) is 10.0 Å². The number of aliphatic hydroxyl groups excluding tert-OH is 1. The smallest absolute Gasteiger partial charge is 0.336 e. The minimum atomic E-state index is -4.03. The molecular weight excluding hydrogens is 713 g/mol. The van der Waals surface area contributed by atoms with Gasteiger partial charge in [0, 0.05) is 28.3 Å². The van der Waals surface area contributed by atoms with Gasteiger partial charge < -0.3 is 25.0 Å². The van der Waals surface area contributed by atoms with Crippen LogP contribution in [0.1, 0.15) is 57.0 Å². The van der Waals surface area contributed by atoms with E-state index in [1.807, 2.05) is 67.6 Å². The Morgan fingerprint density at radius 2 is 1.55 bits per heavy atom. The van der Waals surface area contributed by atoms with Crippen molar-refractivity contribution in [2.45, 2.75) is 60.7 Å². The number of thioether (sulfide) groups is 1. The summed E-state index contributed by atoms with van der Waals surface area (Å²) in [7, 11) is -4.03. The van der Waals surface area contributed by atoms with Crippen molar-refractivity contribution in [3.8, 4) is 0 Å². The molecule has 4 unspecified atom stereocenters. The maximum Gasteiger partial charge on any atom is 0.336 e. The zero-order valence-electron chi connectivity index (χ0n) is 28.9. The number of aryl methyl sites for hydroxylation is 1. The molecule has 1 fully saturated rings. The normalized spacial score (nSPS) is 17.9. The molecule has 1 aliphatic heterocycles. The van der Waals surface area contributed by atoms with E-state index in [1.165, 1.54) is 23.9 Å². The van der Waals surface area contributed by atoms with Crippen molar-refractivity contribution in [3.05, 3.63) is 161 Å². The average Bonchev–Trinajstić information content (AvgIpc) is 3.17. The van der Waals surface area contributed by atoms with Crippen LogP contribution in [0.3, 0.4) is 0 Å². The van der Waals surface area contributed by atoms with E-state index in [4.69, 9.17) is 9.47 Å². The van der Waals surface area contributed by atoms with Gasteiger partial charge in [-0.2, -0.15) is 4.72 Å². The highest BCUT2D eigenvalue weighted by Gasteiger charge is 2.33. The van der Waals surface area contributed by atoms with Crippen LogP contribution in [0.25, 0.3) is 0 Å². The van der Waals surface area contributed by atoms with Crippen LogP contribution in [0.15, 0.2) is 137 Å². The summed E-state index contributed by atoms with van der Waals surface area (Å²) < 4.78 is 42.4. The van der Waals surface area contributed by atoms with Crippen molar-refractivity contribution < 1.29 is 37.7 Å². The number of aromatic carboxylic acids is 1. The molecule has 6 rings (SSSR count). The zero-order valence-corrected chi connectivity index (χ0v) is 30.6. The Labute approximate surface area is 313 Å². The van der Waals surface area contributed by atoms with E-state index in [0.717, 1.165) is 22.3 Å². The highest BCUT2D eigenvalue weighted by atomic mass is 32.2. The maximum atomic E-state index is 13.8. The summed E-state index contributed by atoms with van der Waals surface area (Å²) in [6.07, 6.45) is -0.952. The molecule has 5 aromatic carbocycles. The van der Waals surface area contributed by atoms with Crippen LogP contribution < -0.4 is 10.0 Å². The summed E-state index contributed by atoms with van der Waals surface area (Å²) >= 11 is 1.39. The molecule has 10 nitrogen and oxygen atoms in total. The molecule has 53 heavy (non-hydrogen) atoms. The first kappa shape index (κ1) is 37.9. The molecule has 4 atom stereocenters. The number of ether oxygens (including phenoxy) is 2. The maximum absolute atomic E-state index is 13.8. The lowest BCUT2D eigenvalue weighted by molar-refractivity contribution is -0.245. The Balaban J connectivity index is 1.23. The third kappa shape index (κ3) is 9.99. The van der Waals surface area contributed by atoms with E-state index in [1.54, 1.807) is 54.6 Å². The molecule has 274 valence electrons. The summed E-state index contributed by atoms with van der Waals surface area (Å²) in [6, 6.07) is 35.8. The van der Waals surface area contributed by atoms with Gasteiger partial charge in [0.2, 0.25) is 15.9 Å². The number of carbonyl (C=O) groups excluding carboxylic acids is 1. The molecule has 0 aromatic heterocycles. The Morgan fingerprint density at radius 3 is 2.26 bits per heavy atom. The minimum absolute atomic E-state index is 0.0577. The first-order valence-electron chi connectivity index (χ1n) is 17.1. The summed E-state index contributed by atoms with van der Waals surface area (Å²) in [5, 5.41) is 22.2. The molecule has 1 saturated heterocycles. The van der Waals surface area contributed by atoms with Crippen molar-refractivity contribution in [1.29, 1.82) is 0 Å². The van der Waals surface area contributed by atoms with Crippen molar-refractivity contribution in [3.63, 3.8) is 0 Å². The monoisotopic (exact) mass is 752 g/mol. The zero-order chi connectivity index (χ0) is 37.4. The van der Waals surface area contributed by atoms with Gasteiger partial charge in [0.05, 0.1) is 29.3 Å². The van der Waals surface area contributed by atoms with Crippen LogP contribution >= 0.6 is 11.8 Å². The van der Waals surface area contributed by atoms with Gasteiger partial charge in [-0.1, -0.05) is 96.6 Å². The molecule has 4 N–H and O–H groups in total. The van der Waals surface area contributed by atoms with Gasteiger partial charge in [0.15, 0.2) is 6.29 Å². The van der Waals surface area contributed by atoms with Gasteiger partial charge >= 0.3 is 5.97 Å². The number of hydrogen-bond acceptors (Lipinski definition) is 8. The second kappa shape index (κ2) is 17.3. The molecule has 0 radical (unpaired) electrons. The third-order valence-electron chi connectivity index (χ3n) is 8.81. The molecular formula is C41H40N2O8S2. The fourth-order valence-corrected chi connectivity index (χ4v) is 8.24. The first-order chi connectivity index (χ1) is 25.6. The second-order valence-electron chi connectivity index (χ2n) is 12.8. The second-order valence-corrected chi connectivity index (χ2v) is 15.5. The van der Waals surface area contributed by atoms with Gasteiger partial charge in [-0.3, -0.25) is 4.79 Å². The average molecular weight is 753 g/mol. The lowest BCUT2D eigenvalue weighted by Crippen LogP contribution is -2.45. The van der Waals surface area contributed by atoms with E-state index >= 15 is 0 Å². The fourth-order valence-electron chi connectivity index (χ4n) is 5.98. The van der Waals surface area contributed by atoms with Gasteiger partial charge in [0.25, 0.3) is 0 Å². The molecule has 0 spiro atoms. The molecule has 5 aromatic rings. The molecule has 12 heteroatoms. The predicted molar refractivity (Wildman–Crippen MR) is 203 cm³/mol. The van der Waals surface area contributed by atoms with Crippen LogP contribution in [0.2, 0.25) is 0 Å².